The van der Waals surface area contributed by atoms with E-state index in [0.29, 0.717) is 24.5 Å². The summed E-state index contributed by atoms with van der Waals surface area (Å²) in [5, 5.41) is 5.03. The maximum absolute atomic E-state index is 12.6. The van der Waals surface area contributed by atoms with Crippen LogP contribution in [-0.4, -0.2) is 69.5 Å². The van der Waals surface area contributed by atoms with Crippen molar-refractivity contribution in [2.45, 2.75) is 17.9 Å². The molecule has 1 fully saturated rings. The molecule has 1 aliphatic rings. The first-order valence-corrected chi connectivity index (χ1v) is 11.7. The van der Waals surface area contributed by atoms with Crippen LogP contribution in [0.15, 0.2) is 59.5 Å². The lowest BCUT2D eigenvalue weighted by Crippen LogP contribution is -2.40. The van der Waals surface area contributed by atoms with Crippen LogP contribution in [0.25, 0.3) is 0 Å². The van der Waals surface area contributed by atoms with Crippen molar-refractivity contribution in [2.75, 3.05) is 38.2 Å². The summed E-state index contributed by atoms with van der Waals surface area (Å²) >= 11 is 0. The number of esters is 1. The van der Waals surface area contributed by atoms with E-state index in [4.69, 9.17) is 9.47 Å². The Morgan fingerprint density at radius 3 is 2.30 bits per heavy atom. The summed E-state index contributed by atoms with van der Waals surface area (Å²) in [6, 6.07) is 13.1. The van der Waals surface area contributed by atoms with E-state index in [1.54, 1.807) is 30.3 Å². The predicted octanol–water partition coefficient (Wildman–Crippen LogP) is 1.01. The Morgan fingerprint density at radius 1 is 1.03 bits per heavy atom. The topological polar surface area (TPSA) is 131 Å². The average Bonchev–Trinajstić information content (AvgIpc) is 2.84. The summed E-state index contributed by atoms with van der Waals surface area (Å²) in [4.78, 5) is 36.4. The fourth-order valence-electron chi connectivity index (χ4n) is 3.03. The van der Waals surface area contributed by atoms with Crippen molar-refractivity contribution in [2.24, 2.45) is 0 Å². The standard InChI is InChI=1S/C22H25N3O7S/c1-16(23-21(27)17-5-3-2-4-6-17)22(28)32-15-20(26)24-18-7-9-19(10-8-18)33(29,30)25-11-13-31-14-12-25/h2-10,16H,11-15H2,1H3,(H,23,27)(H,24,26)/t16-/m0/s1. The Balaban J connectivity index is 1.47. The second-order valence-electron chi connectivity index (χ2n) is 7.26. The van der Waals surface area contributed by atoms with E-state index in [1.807, 2.05) is 0 Å². The number of carbonyl (C=O) groups is 3. The van der Waals surface area contributed by atoms with Crippen LogP contribution in [0, 0.1) is 0 Å². The van der Waals surface area contributed by atoms with E-state index < -0.39 is 40.5 Å². The molecule has 1 saturated heterocycles. The lowest BCUT2D eigenvalue weighted by atomic mass is 10.2. The normalized spacial score (nSPS) is 15.3. The molecule has 0 aromatic heterocycles. The van der Waals surface area contributed by atoms with Crippen molar-refractivity contribution < 1.29 is 32.3 Å². The molecule has 0 aliphatic carbocycles. The summed E-state index contributed by atoms with van der Waals surface area (Å²) in [5.41, 5.74) is 0.747. The first-order valence-electron chi connectivity index (χ1n) is 10.3. The summed E-state index contributed by atoms with van der Waals surface area (Å²) in [5.74, 6) is -1.80. The highest BCUT2D eigenvalue weighted by Crippen LogP contribution is 2.19. The SMILES string of the molecule is C[C@H](NC(=O)c1ccccc1)C(=O)OCC(=O)Nc1ccc(S(=O)(=O)N2CCOCC2)cc1. The van der Waals surface area contributed by atoms with Crippen LogP contribution < -0.4 is 10.6 Å². The van der Waals surface area contributed by atoms with Crippen LogP contribution in [0.1, 0.15) is 17.3 Å². The van der Waals surface area contributed by atoms with Gasteiger partial charge in [-0.05, 0) is 43.3 Å². The van der Waals surface area contributed by atoms with E-state index in [-0.39, 0.29) is 18.0 Å². The van der Waals surface area contributed by atoms with Gasteiger partial charge in [-0.25, -0.2) is 13.2 Å². The number of ether oxygens (including phenoxy) is 2. The highest BCUT2D eigenvalue weighted by atomic mass is 32.2. The van der Waals surface area contributed by atoms with E-state index in [0.717, 1.165) is 0 Å². The summed E-state index contributed by atoms with van der Waals surface area (Å²) in [7, 11) is -3.63. The van der Waals surface area contributed by atoms with Gasteiger partial charge < -0.3 is 20.1 Å². The van der Waals surface area contributed by atoms with Crippen molar-refractivity contribution in [1.29, 1.82) is 0 Å². The third kappa shape index (κ3) is 6.60. The minimum absolute atomic E-state index is 0.108. The lowest BCUT2D eigenvalue weighted by Gasteiger charge is -2.26. The number of hydrogen-bond acceptors (Lipinski definition) is 7. The van der Waals surface area contributed by atoms with E-state index >= 15 is 0 Å². The van der Waals surface area contributed by atoms with Gasteiger partial charge in [0.25, 0.3) is 11.8 Å². The number of nitrogens with zero attached hydrogens (tertiary/aromatic N) is 1. The lowest BCUT2D eigenvalue weighted by molar-refractivity contribution is -0.148. The van der Waals surface area contributed by atoms with Crippen LogP contribution in [0.5, 0.6) is 0 Å². The van der Waals surface area contributed by atoms with Crippen molar-refractivity contribution in [3.63, 3.8) is 0 Å². The Bertz CT molecular complexity index is 1080. The number of rotatable bonds is 8. The number of anilines is 1. The maximum atomic E-state index is 12.6. The van der Waals surface area contributed by atoms with Crippen LogP contribution in [0.3, 0.4) is 0 Å². The maximum Gasteiger partial charge on any atom is 0.328 e. The van der Waals surface area contributed by atoms with Crippen LogP contribution >= 0.6 is 0 Å². The quantitative estimate of drug-likeness (QED) is 0.545. The van der Waals surface area contributed by atoms with E-state index in [1.165, 1.54) is 35.5 Å². The van der Waals surface area contributed by atoms with E-state index in [9.17, 15) is 22.8 Å². The zero-order valence-electron chi connectivity index (χ0n) is 18.0. The van der Waals surface area contributed by atoms with Gasteiger partial charge in [0.2, 0.25) is 10.0 Å². The predicted molar refractivity (Wildman–Crippen MR) is 119 cm³/mol. The molecule has 176 valence electrons. The second kappa shape index (κ2) is 11.0. The van der Waals surface area contributed by atoms with E-state index in [2.05, 4.69) is 10.6 Å². The molecule has 1 heterocycles. The van der Waals surface area contributed by atoms with Gasteiger partial charge in [-0.3, -0.25) is 9.59 Å². The summed E-state index contributed by atoms with van der Waals surface area (Å²) in [6.45, 7) is 2.17. The molecule has 0 spiro atoms. The van der Waals surface area contributed by atoms with Gasteiger partial charge >= 0.3 is 5.97 Å². The molecule has 11 heteroatoms. The smallest absolute Gasteiger partial charge is 0.328 e. The molecule has 2 N–H and O–H groups in total. The minimum Gasteiger partial charge on any atom is -0.454 e. The van der Waals surface area contributed by atoms with Gasteiger partial charge in [0, 0.05) is 24.3 Å². The van der Waals surface area contributed by atoms with Gasteiger partial charge in [0.15, 0.2) is 6.61 Å². The molecule has 3 rings (SSSR count). The Kier molecular flexibility index (Phi) is 8.15. The molecule has 2 aromatic carbocycles. The molecule has 1 atom stereocenters. The Labute approximate surface area is 191 Å². The van der Waals surface area contributed by atoms with Crippen molar-refractivity contribution >= 4 is 33.5 Å². The fourth-order valence-corrected chi connectivity index (χ4v) is 4.44. The average molecular weight is 476 g/mol. The molecule has 0 unspecified atom stereocenters. The Hall–Kier alpha value is -3.28. The van der Waals surface area contributed by atoms with Gasteiger partial charge in [-0.2, -0.15) is 4.31 Å². The molecule has 0 saturated carbocycles. The molecule has 0 radical (unpaired) electrons. The highest BCUT2D eigenvalue weighted by molar-refractivity contribution is 7.89. The third-order valence-corrected chi connectivity index (χ3v) is 6.74. The number of hydrogen-bond donors (Lipinski definition) is 2. The number of amides is 2. The minimum atomic E-state index is -3.63. The first kappa shape index (κ1) is 24.4. The van der Waals surface area contributed by atoms with Crippen LogP contribution in [-0.2, 0) is 29.1 Å². The first-order chi connectivity index (χ1) is 15.8. The largest absolute Gasteiger partial charge is 0.454 e. The highest BCUT2D eigenvalue weighted by Gasteiger charge is 2.26. The molecular formula is C22H25N3O7S. The molecule has 2 amide bonds. The van der Waals surface area contributed by atoms with Crippen LogP contribution in [0.2, 0.25) is 0 Å². The van der Waals surface area contributed by atoms with Gasteiger partial charge in [0.1, 0.15) is 6.04 Å². The molecule has 1 aliphatic heterocycles. The molecule has 2 aromatic rings. The third-order valence-electron chi connectivity index (χ3n) is 4.83. The zero-order chi connectivity index (χ0) is 23.8. The number of sulfonamides is 1. The van der Waals surface area contributed by atoms with Gasteiger partial charge in [0.05, 0.1) is 18.1 Å². The monoisotopic (exact) mass is 475 g/mol. The molecule has 33 heavy (non-hydrogen) atoms. The number of morpholine rings is 1. The van der Waals surface area contributed by atoms with Crippen molar-refractivity contribution in [3.8, 4) is 0 Å². The van der Waals surface area contributed by atoms with Crippen LogP contribution in [0.4, 0.5) is 5.69 Å². The number of nitrogens with one attached hydrogen (secondary N) is 2. The fraction of sp³-hybridized carbons (Fsp3) is 0.318. The zero-order valence-corrected chi connectivity index (χ0v) is 18.8. The van der Waals surface area contributed by atoms with Gasteiger partial charge in [-0.15, -0.1) is 0 Å². The second-order valence-corrected chi connectivity index (χ2v) is 9.20. The molecular weight excluding hydrogens is 450 g/mol. The van der Waals surface area contributed by atoms with Crippen molar-refractivity contribution in [1.82, 2.24) is 9.62 Å². The summed E-state index contributed by atoms with van der Waals surface area (Å²) < 4.78 is 36.7. The number of benzene rings is 2. The van der Waals surface area contributed by atoms with Crippen molar-refractivity contribution in [3.05, 3.63) is 60.2 Å². The summed E-state index contributed by atoms with van der Waals surface area (Å²) in [6.07, 6.45) is 0. The molecule has 10 nitrogen and oxygen atoms in total. The number of carbonyl (C=O) groups excluding carboxylic acids is 3. The molecule has 0 bridgehead atoms. The van der Waals surface area contributed by atoms with Gasteiger partial charge in [-0.1, -0.05) is 18.2 Å². The Morgan fingerprint density at radius 2 is 1.67 bits per heavy atom.